The van der Waals surface area contributed by atoms with Crippen LogP contribution >= 0.6 is 0 Å². The number of carbonyl (C=O) groups excluding carboxylic acids is 3. The molecule has 0 bridgehead atoms. The van der Waals surface area contributed by atoms with Gasteiger partial charge in [0.2, 0.25) is 5.91 Å². The summed E-state index contributed by atoms with van der Waals surface area (Å²) in [4.78, 5) is 37.3. The molecule has 0 saturated heterocycles. The minimum Gasteiger partial charge on any atom is -0.376 e. The normalized spacial score (nSPS) is 10.1. The number of nitrogens with one attached hydrogen (secondary N) is 3. The van der Waals surface area contributed by atoms with Crippen molar-refractivity contribution in [2.75, 3.05) is 37.8 Å². The monoisotopic (exact) mass is 382 g/mol. The van der Waals surface area contributed by atoms with Crippen molar-refractivity contribution >= 4 is 29.1 Å². The predicted molar refractivity (Wildman–Crippen MR) is 111 cm³/mol. The summed E-state index contributed by atoms with van der Waals surface area (Å²) in [5.74, 6) is -0.412. The van der Waals surface area contributed by atoms with E-state index in [1.54, 1.807) is 62.6 Å². The number of hydrogen-bond donors (Lipinski definition) is 3. The highest BCUT2D eigenvalue weighted by Gasteiger charge is 2.09. The van der Waals surface area contributed by atoms with Crippen molar-refractivity contribution in [1.82, 2.24) is 10.2 Å². The lowest BCUT2D eigenvalue weighted by atomic mass is 10.2. The van der Waals surface area contributed by atoms with Crippen LogP contribution in [0.25, 0.3) is 0 Å². The summed E-state index contributed by atoms with van der Waals surface area (Å²) in [6, 6.07) is 13.7. The van der Waals surface area contributed by atoms with Crippen molar-refractivity contribution < 1.29 is 14.4 Å². The molecule has 0 heterocycles. The van der Waals surface area contributed by atoms with E-state index in [4.69, 9.17) is 0 Å². The minimum atomic E-state index is -0.212. The maximum absolute atomic E-state index is 12.1. The van der Waals surface area contributed by atoms with Crippen LogP contribution in [0.3, 0.4) is 0 Å². The second-order valence-electron chi connectivity index (χ2n) is 6.51. The van der Waals surface area contributed by atoms with E-state index >= 15 is 0 Å². The second-order valence-corrected chi connectivity index (χ2v) is 6.51. The molecule has 0 unspecified atom stereocenters. The van der Waals surface area contributed by atoms with Gasteiger partial charge in [-0.25, -0.2) is 0 Å². The molecule has 7 nitrogen and oxygen atoms in total. The van der Waals surface area contributed by atoms with Crippen LogP contribution in [0, 0.1) is 0 Å². The van der Waals surface area contributed by atoms with Crippen LogP contribution in [0.4, 0.5) is 11.4 Å². The molecule has 2 aromatic carbocycles. The van der Waals surface area contributed by atoms with Gasteiger partial charge in [0.25, 0.3) is 11.8 Å². The highest BCUT2D eigenvalue weighted by atomic mass is 16.2. The lowest BCUT2D eigenvalue weighted by Gasteiger charge is -2.11. The number of benzene rings is 2. The second kappa shape index (κ2) is 10.1. The number of carbonyl (C=O) groups is 3. The third-order valence-electron chi connectivity index (χ3n) is 3.96. The Kier molecular flexibility index (Phi) is 7.56. The van der Waals surface area contributed by atoms with Crippen LogP contribution in [0.5, 0.6) is 0 Å². The quantitative estimate of drug-likeness (QED) is 0.654. The van der Waals surface area contributed by atoms with Crippen molar-refractivity contribution in [3.63, 3.8) is 0 Å². The Morgan fingerprint density at radius 1 is 0.857 bits per heavy atom. The van der Waals surface area contributed by atoms with E-state index in [0.29, 0.717) is 23.4 Å². The molecule has 0 spiro atoms. The van der Waals surface area contributed by atoms with Gasteiger partial charge in [-0.15, -0.1) is 0 Å². The highest BCUT2D eigenvalue weighted by Crippen LogP contribution is 2.12. The fourth-order valence-corrected chi connectivity index (χ4v) is 2.42. The number of amides is 3. The molecule has 0 aliphatic rings. The fourth-order valence-electron chi connectivity index (χ4n) is 2.42. The van der Waals surface area contributed by atoms with Crippen molar-refractivity contribution in [2.45, 2.75) is 13.3 Å². The predicted octanol–water partition coefficient (Wildman–Crippen LogP) is 2.58. The topological polar surface area (TPSA) is 90.5 Å². The first-order valence-corrected chi connectivity index (χ1v) is 9.14. The van der Waals surface area contributed by atoms with E-state index in [1.807, 2.05) is 6.92 Å². The van der Waals surface area contributed by atoms with Gasteiger partial charge in [0, 0.05) is 43.1 Å². The lowest BCUT2D eigenvalue weighted by Crippen LogP contribution is -2.24. The Bertz CT molecular complexity index is 815. The molecule has 3 N–H and O–H groups in total. The Morgan fingerprint density at radius 2 is 1.43 bits per heavy atom. The number of rotatable bonds is 8. The molecule has 0 saturated carbocycles. The summed E-state index contributed by atoms with van der Waals surface area (Å²) in [6.07, 6.45) is 0.884. The number of hydrogen-bond acceptors (Lipinski definition) is 4. The summed E-state index contributed by atoms with van der Waals surface area (Å²) in [5.41, 5.74) is 2.50. The Morgan fingerprint density at radius 3 is 2.00 bits per heavy atom. The van der Waals surface area contributed by atoms with E-state index in [1.165, 1.54) is 4.90 Å². The van der Waals surface area contributed by atoms with Gasteiger partial charge in [-0.1, -0.05) is 6.92 Å². The molecule has 2 rings (SSSR count). The lowest BCUT2D eigenvalue weighted by molar-refractivity contribution is -0.114. The molecule has 0 aliphatic heterocycles. The summed E-state index contributed by atoms with van der Waals surface area (Å²) >= 11 is 0. The average molecular weight is 382 g/mol. The van der Waals surface area contributed by atoms with Crippen molar-refractivity contribution in [3.8, 4) is 0 Å². The number of anilines is 2. The van der Waals surface area contributed by atoms with Crippen LogP contribution in [0.15, 0.2) is 48.5 Å². The average Bonchev–Trinajstić information content (AvgIpc) is 2.70. The molecule has 2 aromatic rings. The molecule has 0 fully saturated rings. The Balaban J connectivity index is 1.83. The van der Waals surface area contributed by atoms with Gasteiger partial charge in [-0.3, -0.25) is 14.4 Å². The van der Waals surface area contributed by atoms with E-state index in [0.717, 1.165) is 12.1 Å². The first-order chi connectivity index (χ1) is 13.4. The van der Waals surface area contributed by atoms with E-state index in [2.05, 4.69) is 16.0 Å². The molecule has 0 aliphatic carbocycles. The summed E-state index contributed by atoms with van der Waals surface area (Å²) in [6.45, 7) is 2.72. The molecule has 3 amide bonds. The van der Waals surface area contributed by atoms with Gasteiger partial charge in [-0.2, -0.15) is 0 Å². The molecular weight excluding hydrogens is 356 g/mol. The number of nitrogens with zero attached hydrogens (tertiary/aromatic N) is 1. The van der Waals surface area contributed by atoms with Crippen LogP contribution in [0.1, 0.15) is 34.1 Å². The van der Waals surface area contributed by atoms with Crippen LogP contribution in [-0.2, 0) is 4.79 Å². The molecule has 0 atom stereocenters. The SMILES string of the molecule is CCCNC(=O)c1ccc(NCC(=O)Nc2ccc(C(=O)N(C)C)cc2)cc1. The summed E-state index contributed by atoms with van der Waals surface area (Å²) in [5, 5.41) is 8.60. The van der Waals surface area contributed by atoms with Gasteiger partial charge in [0.15, 0.2) is 0 Å². The first kappa shape index (κ1) is 21.0. The molecule has 0 radical (unpaired) electrons. The van der Waals surface area contributed by atoms with Crippen LogP contribution in [-0.4, -0.2) is 49.8 Å². The van der Waals surface area contributed by atoms with E-state index < -0.39 is 0 Å². The summed E-state index contributed by atoms with van der Waals surface area (Å²) < 4.78 is 0. The third kappa shape index (κ3) is 6.12. The molecular formula is C21H26N4O3. The zero-order valence-electron chi connectivity index (χ0n) is 16.4. The van der Waals surface area contributed by atoms with Crippen molar-refractivity contribution in [3.05, 3.63) is 59.7 Å². The van der Waals surface area contributed by atoms with Crippen molar-refractivity contribution in [1.29, 1.82) is 0 Å². The van der Waals surface area contributed by atoms with Gasteiger partial charge >= 0.3 is 0 Å². The van der Waals surface area contributed by atoms with E-state index in [-0.39, 0.29) is 24.3 Å². The zero-order chi connectivity index (χ0) is 20.5. The Hall–Kier alpha value is -3.35. The maximum atomic E-state index is 12.1. The largest absolute Gasteiger partial charge is 0.376 e. The highest BCUT2D eigenvalue weighted by molar-refractivity contribution is 5.97. The van der Waals surface area contributed by atoms with Crippen LogP contribution < -0.4 is 16.0 Å². The van der Waals surface area contributed by atoms with Crippen molar-refractivity contribution in [2.24, 2.45) is 0 Å². The zero-order valence-corrected chi connectivity index (χ0v) is 16.4. The Labute approximate surface area is 165 Å². The van der Waals surface area contributed by atoms with Gasteiger partial charge in [-0.05, 0) is 55.0 Å². The van der Waals surface area contributed by atoms with Gasteiger partial charge < -0.3 is 20.9 Å². The third-order valence-corrected chi connectivity index (χ3v) is 3.96. The molecule has 0 aromatic heterocycles. The standard InChI is InChI=1S/C21H26N4O3/c1-4-13-22-20(27)15-5-9-17(10-6-15)23-14-19(26)24-18-11-7-16(8-12-18)21(28)25(2)3/h5-12,23H,4,13-14H2,1-3H3,(H,22,27)(H,24,26). The summed E-state index contributed by atoms with van der Waals surface area (Å²) in [7, 11) is 3.38. The van der Waals surface area contributed by atoms with Crippen LogP contribution in [0.2, 0.25) is 0 Å². The van der Waals surface area contributed by atoms with Gasteiger partial charge in [0.1, 0.15) is 0 Å². The minimum absolute atomic E-state index is 0.0831. The molecule has 28 heavy (non-hydrogen) atoms. The molecule has 7 heteroatoms. The van der Waals surface area contributed by atoms with Gasteiger partial charge in [0.05, 0.1) is 6.54 Å². The smallest absolute Gasteiger partial charge is 0.253 e. The molecule has 148 valence electrons. The first-order valence-electron chi connectivity index (χ1n) is 9.14. The fraction of sp³-hybridized carbons (Fsp3) is 0.286. The maximum Gasteiger partial charge on any atom is 0.253 e. The van der Waals surface area contributed by atoms with E-state index in [9.17, 15) is 14.4 Å².